The number of hydrazone groups is 1. The van der Waals surface area contributed by atoms with Crippen molar-refractivity contribution in [1.29, 1.82) is 0 Å². The van der Waals surface area contributed by atoms with Crippen molar-refractivity contribution < 1.29 is 19.1 Å². The first kappa shape index (κ1) is 18.3. The van der Waals surface area contributed by atoms with E-state index in [9.17, 15) is 9.59 Å². The summed E-state index contributed by atoms with van der Waals surface area (Å²) < 4.78 is 11.6. The summed E-state index contributed by atoms with van der Waals surface area (Å²) in [6, 6.07) is 6.58. The minimum Gasteiger partial charge on any atom is -0.446 e. The zero-order valence-electron chi connectivity index (χ0n) is 13.8. The molecule has 0 radical (unpaired) electrons. The standard InChI is InChI=1S/C17H13BrClN3O4/c1-9(23)22-17(11-3-5-20-6-4-11)26-16(21-22)13-7-12(19)8-14(18)15(13)25-10(2)24/h3-8,17H,1-2H3. The van der Waals surface area contributed by atoms with Crippen LogP contribution < -0.4 is 4.74 Å². The van der Waals surface area contributed by atoms with Crippen molar-refractivity contribution in [2.45, 2.75) is 20.1 Å². The molecule has 1 aliphatic rings. The number of pyridine rings is 1. The molecule has 0 aliphatic carbocycles. The first-order valence-corrected chi connectivity index (χ1v) is 8.66. The van der Waals surface area contributed by atoms with Gasteiger partial charge in [-0.25, -0.2) is 0 Å². The fourth-order valence-electron chi connectivity index (χ4n) is 2.39. The van der Waals surface area contributed by atoms with Crippen LogP contribution in [0.15, 0.2) is 46.2 Å². The first-order valence-electron chi connectivity index (χ1n) is 7.49. The number of rotatable bonds is 3. The highest BCUT2D eigenvalue weighted by atomic mass is 79.9. The molecule has 9 heteroatoms. The second-order valence-electron chi connectivity index (χ2n) is 5.38. The lowest BCUT2D eigenvalue weighted by Gasteiger charge is -2.19. The fraction of sp³-hybridized carbons (Fsp3) is 0.176. The number of amides is 1. The number of esters is 1. The van der Waals surface area contributed by atoms with Crippen molar-refractivity contribution in [2.24, 2.45) is 5.10 Å². The van der Waals surface area contributed by atoms with E-state index in [1.54, 1.807) is 36.7 Å². The van der Waals surface area contributed by atoms with Gasteiger partial charge in [0.05, 0.1) is 10.0 Å². The Morgan fingerprint density at radius 1 is 1.27 bits per heavy atom. The molecule has 1 amide bonds. The molecule has 1 atom stereocenters. The van der Waals surface area contributed by atoms with E-state index in [4.69, 9.17) is 21.1 Å². The van der Waals surface area contributed by atoms with Gasteiger partial charge in [-0.2, -0.15) is 5.01 Å². The highest BCUT2D eigenvalue weighted by Gasteiger charge is 2.35. The molecule has 1 aromatic heterocycles. The zero-order valence-corrected chi connectivity index (χ0v) is 16.1. The Balaban J connectivity index is 2.06. The number of nitrogens with zero attached hydrogens (tertiary/aromatic N) is 3. The van der Waals surface area contributed by atoms with Crippen LogP contribution in [0, 0.1) is 0 Å². The van der Waals surface area contributed by atoms with Crippen molar-refractivity contribution in [3.8, 4) is 5.75 Å². The van der Waals surface area contributed by atoms with Gasteiger partial charge in [0.25, 0.3) is 0 Å². The number of aromatic nitrogens is 1. The van der Waals surface area contributed by atoms with Crippen LogP contribution in [0.1, 0.15) is 31.2 Å². The molecule has 0 fully saturated rings. The predicted molar refractivity (Wildman–Crippen MR) is 97.6 cm³/mol. The minimum atomic E-state index is -0.756. The summed E-state index contributed by atoms with van der Waals surface area (Å²) in [6.45, 7) is 2.66. The highest BCUT2D eigenvalue weighted by Crippen LogP contribution is 2.37. The summed E-state index contributed by atoms with van der Waals surface area (Å²) in [6.07, 6.45) is 2.43. The van der Waals surface area contributed by atoms with Gasteiger partial charge in [0.2, 0.25) is 18.0 Å². The van der Waals surface area contributed by atoms with E-state index in [1.807, 2.05) is 0 Å². The molecule has 1 aromatic carbocycles. The molecule has 0 bridgehead atoms. The molecular weight excluding hydrogens is 426 g/mol. The molecule has 2 heterocycles. The van der Waals surface area contributed by atoms with Crippen LogP contribution in [-0.2, 0) is 14.3 Å². The number of carbonyl (C=O) groups excluding carboxylic acids is 2. The largest absolute Gasteiger partial charge is 0.446 e. The summed E-state index contributed by atoms with van der Waals surface area (Å²) in [7, 11) is 0. The van der Waals surface area contributed by atoms with E-state index in [0.29, 0.717) is 20.6 Å². The van der Waals surface area contributed by atoms with Gasteiger partial charge in [-0.05, 0) is 40.2 Å². The number of halogens is 2. The Morgan fingerprint density at radius 2 is 1.96 bits per heavy atom. The SMILES string of the molecule is CC(=O)Oc1c(Br)cc(Cl)cc1C1=NN(C(C)=O)C(c2ccncc2)O1. The van der Waals surface area contributed by atoms with Crippen LogP contribution in [0.5, 0.6) is 5.75 Å². The van der Waals surface area contributed by atoms with Gasteiger partial charge in [0, 0.05) is 36.8 Å². The van der Waals surface area contributed by atoms with Crippen LogP contribution in [0.4, 0.5) is 0 Å². The normalized spacial score (nSPS) is 16.1. The third kappa shape index (κ3) is 3.71. The Bertz CT molecular complexity index is 904. The molecule has 26 heavy (non-hydrogen) atoms. The van der Waals surface area contributed by atoms with E-state index >= 15 is 0 Å². The van der Waals surface area contributed by atoms with Gasteiger partial charge in [-0.15, -0.1) is 5.10 Å². The number of ether oxygens (including phenoxy) is 2. The van der Waals surface area contributed by atoms with Crippen molar-refractivity contribution >= 4 is 45.3 Å². The van der Waals surface area contributed by atoms with E-state index in [1.165, 1.54) is 18.9 Å². The van der Waals surface area contributed by atoms with Crippen LogP contribution in [-0.4, -0.2) is 27.8 Å². The van der Waals surface area contributed by atoms with Crippen LogP contribution in [0.25, 0.3) is 0 Å². The monoisotopic (exact) mass is 437 g/mol. The highest BCUT2D eigenvalue weighted by molar-refractivity contribution is 9.10. The third-order valence-corrected chi connectivity index (χ3v) is 4.25. The third-order valence-electron chi connectivity index (χ3n) is 3.44. The second-order valence-corrected chi connectivity index (χ2v) is 6.67. The Labute approximate surface area is 162 Å². The van der Waals surface area contributed by atoms with E-state index in [-0.39, 0.29) is 17.6 Å². The molecule has 0 N–H and O–H groups in total. The van der Waals surface area contributed by atoms with E-state index in [0.717, 1.165) is 0 Å². The molecule has 0 spiro atoms. The Kier molecular flexibility index (Phi) is 5.24. The average molecular weight is 439 g/mol. The predicted octanol–water partition coefficient (Wildman–Crippen LogP) is 3.66. The quantitative estimate of drug-likeness (QED) is 0.539. The van der Waals surface area contributed by atoms with Gasteiger partial charge in [-0.1, -0.05) is 11.6 Å². The topological polar surface area (TPSA) is 81.1 Å². The lowest BCUT2D eigenvalue weighted by atomic mass is 10.2. The molecule has 1 aliphatic heterocycles. The summed E-state index contributed by atoms with van der Waals surface area (Å²) in [5.41, 5.74) is 1.05. The average Bonchev–Trinajstić information content (AvgIpc) is 3.03. The molecule has 0 saturated carbocycles. The molecular formula is C17H13BrClN3O4. The van der Waals surface area contributed by atoms with Crippen LogP contribution >= 0.6 is 27.5 Å². The van der Waals surface area contributed by atoms with Crippen LogP contribution in [0.3, 0.4) is 0 Å². The smallest absolute Gasteiger partial charge is 0.308 e. The van der Waals surface area contributed by atoms with Gasteiger partial charge in [0.1, 0.15) is 0 Å². The fourth-order valence-corrected chi connectivity index (χ4v) is 3.28. The Morgan fingerprint density at radius 3 is 2.58 bits per heavy atom. The second kappa shape index (κ2) is 7.43. The van der Waals surface area contributed by atoms with Crippen LogP contribution in [0.2, 0.25) is 5.02 Å². The van der Waals surface area contributed by atoms with Crippen molar-refractivity contribution in [2.75, 3.05) is 0 Å². The first-order chi connectivity index (χ1) is 12.4. The number of benzene rings is 1. The molecule has 3 rings (SSSR count). The molecule has 2 aromatic rings. The number of hydrogen-bond acceptors (Lipinski definition) is 6. The summed E-state index contributed by atoms with van der Waals surface area (Å²) >= 11 is 9.44. The molecule has 7 nitrogen and oxygen atoms in total. The van der Waals surface area contributed by atoms with Crippen molar-refractivity contribution in [1.82, 2.24) is 9.99 Å². The minimum absolute atomic E-state index is 0.112. The lowest BCUT2D eigenvalue weighted by molar-refractivity contribution is -0.135. The molecule has 1 unspecified atom stereocenters. The van der Waals surface area contributed by atoms with Gasteiger partial charge in [0.15, 0.2) is 5.75 Å². The number of carbonyl (C=O) groups is 2. The van der Waals surface area contributed by atoms with E-state index in [2.05, 4.69) is 26.0 Å². The maximum atomic E-state index is 12.0. The van der Waals surface area contributed by atoms with Crippen molar-refractivity contribution in [3.05, 3.63) is 57.3 Å². The lowest BCUT2D eigenvalue weighted by Crippen LogP contribution is -2.25. The summed E-state index contributed by atoms with van der Waals surface area (Å²) in [5.74, 6) is -0.500. The van der Waals surface area contributed by atoms with E-state index < -0.39 is 12.2 Å². The van der Waals surface area contributed by atoms with Crippen molar-refractivity contribution in [3.63, 3.8) is 0 Å². The van der Waals surface area contributed by atoms with Gasteiger partial charge in [-0.3, -0.25) is 14.6 Å². The molecule has 134 valence electrons. The Hall–Kier alpha value is -2.45. The summed E-state index contributed by atoms with van der Waals surface area (Å²) in [5, 5.41) is 5.84. The zero-order chi connectivity index (χ0) is 18.8. The summed E-state index contributed by atoms with van der Waals surface area (Å²) in [4.78, 5) is 27.4. The number of hydrogen-bond donors (Lipinski definition) is 0. The van der Waals surface area contributed by atoms with Gasteiger partial charge >= 0.3 is 5.97 Å². The maximum absolute atomic E-state index is 12.0. The molecule has 0 saturated heterocycles. The van der Waals surface area contributed by atoms with Gasteiger partial charge < -0.3 is 9.47 Å². The maximum Gasteiger partial charge on any atom is 0.308 e.